The van der Waals surface area contributed by atoms with Gasteiger partial charge in [0.2, 0.25) is 0 Å². The van der Waals surface area contributed by atoms with Crippen LogP contribution in [-0.4, -0.2) is 27.4 Å². The van der Waals surface area contributed by atoms with Gasteiger partial charge >= 0.3 is 0 Å². The van der Waals surface area contributed by atoms with Crippen molar-refractivity contribution in [2.45, 2.75) is 6.16 Å². The second kappa shape index (κ2) is 6.18. The average molecular weight is 299 g/mol. The molecule has 0 spiro atoms. The quantitative estimate of drug-likeness (QED) is 0.632. The zero-order valence-corrected chi connectivity index (χ0v) is 13.6. The largest absolute Gasteiger partial charge is 0.429 e. The second-order valence-corrected chi connectivity index (χ2v) is 7.69. The molecule has 0 saturated heterocycles. The first-order valence-corrected chi connectivity index (χ1v) is 7.38. The molecule has 1 aromatic rings. The molecule has 0 bridgehead atoms. The molecular weight excluding hydrogens is 282 g/mol. The fourth-order valence-electron chi connectivity index (χ4n) is 1.30. The summed E-state index contributed by atoms with van der Waals surface area (Å²) in [7, 11) is 2.00. The molecule has 0 aliphatic heterocycles. The molecule has 1 rings (SSSR count). The van der Waals surface area contributed by atoms with Crippen LogP contribution in [0.3, 0.4) is 0 Å². The van der Waals surface area contributed by atoms with Gasteiger partial charge in [-0.3, -0.25) is 0 Å². The number of hydrogen-bond acceptors (Lipinski definition) is 2. The zero-order chi connectivity index (χ0) is 10.8. The molecular formula is C11H17NOPY-. The Labute approximate surface area is 118 Å². The molecule has 0 atom stereocenters. The van der Waals surface area contributed by atoms with Crippen LogP contribution >= 0.6 is 7.14 Å². The van der Waals surface area contributed by atoms with E-state index in [9.17, 15) is 4.57 Å². The first kappa shape index (κ1) is 15.4. The summed E-state index contributed by atoms with van der Waals surface area (Å²) in [5, 5.41) is 0. The molecule has 2 nitrogen and oxygen atoms in total. The minimum absolute atomic E-state index is 0. The molecule has 0 N–H and O–H groups in total. The minimum atomic E-state index is -1.98. The van der Waals surface area contributed by atoms with E-state index in [1.807, 2.05) is 44.5 Å². The van der Waals surface area contributed by atoms with Gasteiger partial charge in [0, 0.05) is 32.7 Å². The molecule has 0 heterocycles. The topological polar surface area (TPSA) is 20.3 Å². The third-order valence-corrected chi connectivity index (χ3v) is 3.04. The number of anilines is 1. The van der Waals surface area contributed by atoms with Crippen molar-refractivity contribution in [3.63, 3.8) is 0 Å². The van der Waals surface area contributed by atoms with Crippen LogP contribution in [0.25, 0.3) is 0 Å². The molecule has 1 aromatic carbocycles. The predicted octanol–water partition coefficient (Wildman–Crippen LogP) is 2.67. The minimum Gasteiger partial charge on any atom is -0.429 e. The van der Waals surface area contributed by atoms with Gasteiger partial charge in [-0.1, -0.05) is 5.69 Å². The predicted molar refractivity (Wildman–Crippen MR) is 62.8 cm³/mol. The van der Waals surface area contributed by atoms with Crippen LogP contribution in [0.15, 0.2) is 18.2 Å². The molecule has 4 heteroatoms. The Morgan fingerprint density at radius 3 is 2.40 bits per heavy atom. The van der Waals surface area contributed by atoms with Gasteiger partial charge < -0.3 is 9.46 Å². The third kappa shape index (κ3) is 5.85. The van der Waals surface area contributed by atoms with Crippen LogP contribution in [-0.2, 0) is 43.4 Å². The summed E-state index contributed by atoms with van der Waals surface area (Å²) in [6.07, 6.45) is 0.658. The van der Waals surface area contributed by atoms with Gasteiger partial charge in [-0.15, -0.1) is 11.6 Å². The van der Waals surface area contributed by atoms with Crippen molar-refractivity contribution in [1.29, 1.82) is 0 Å². The van der Waals surface area contributed by atoms with Gasteiger partial charge in [0.1, 0.15) is 0 Å². The van der Waals surface area contributed by atoms with Crippen LogP contribution in [0.5, 0.6) is 0 Å². The molecule has 0 saturated carbocycles. The Morgan fingerprint density at radius 2 is 1.93 bits per heavy atom. The number of rotatable bonds is 3. The summed E-state index contributed by atoms with van der Waals surface area (Å²) < 4.78 is 11.6. The molecule has 0 aliphatic carbocycles. The van der Waals surface area contributed by atoms with Crippen LogP contribution < -0.4 is 4.90 Å². The van der Waals surface area contributed by atoms with Crippen molar-refractivity contribution in [3.8, 4) is 0 Å². The Balaban J connectivity index is 0.00000196. The monoisotopic (exact) mass is 299 g/mol. The van der Waals surface area contributed by atoms with E-state index in [0.29, 0.717) is 6.16 Å². The smallest absolute Gasteiger partial charge is 0.0752 e. The Kier molecular flexibility index (Phi) is 6.32. The first-order chi connectivity index (χ1) is 6.38. The van der Waals surface area contributed by atoms with Crippen molar-refractivity contribution in [2.75, 3.05) is 32.3 Å². The SMILES string of the molecule is CN(C)c1c[c-]cc(CP(C)(C)=O)c1.[Y]. The normalized spacial score (nSPS) is 10.7. The molecule has 1 radical (unpaired) electrons. The van der Waals surface area contributed by atoms with E-state index >= 15 is 0 Å². The average Bonchev–Trinajstić information content (AvgIpc) is 2.01. The molecule has 0 unspecified atom stereocenters. The number of benzene rings is 1. The third-order valence-electron chi connectivity index (χ3n) is 1.91. The summed E-state index contributed by atoms with van der Waals surface area (Å²) in [5.41, 5.74) is 2.21. The summed E-state index contributed by atoms with van der Waals surface area (Å²) in [4.78, 5) is 2.02. The van der Waals surface area contributed by atoms with E-state index < -0.39 is 7.14 Å². The van der Waals surface area contributed by atoms with Gasteiger partial charge in [0.25, 0.3) is 0 Å². The van der Waals surface area contributed by atoms with E-state index in [2.05, 4.69) is 12.1 Å². The Bertz CT molecular complexity index is 359. The molecule has 15 heavy (non-hydrogen) atoms. The first-order valence-electron chi connectivity index (χ1n) is 4.60. The second-order valence-electron chi connectivity index (χ2n) is 4.23. The summed E-state index contributed by atoms with van der Waals surface area (Å²) in [6, 6.07) is 8.98. The Morgan fingerprint density at radius 1 is 1.33 bits per heavy atom. The van der Waals surface area contributed by atoms with E-state index in [1.54, 1.807) is 0 Å². The maximum absolute atomic E-state index is 11.6. The van der Waals surface area contributed by atoms with Crippen molar-refractivity contribution in [3.05, 3.63) is 29.8 Å². The van der Waals surface area contributed by atoms with Gasteiger partial charge in [-0.2, -0.15) is 18.2 Å². The van der Waals surface area contributed by atoms with Gasteiger partial charge in [0.15, 0.2) is 0 Å². The van der Waals surface area contributed by atoms with Gasteiger partial charge in [-0.05, 0) is 33.6 Å². The molecule has 0 amide bonds. The zero-order valence-electron chi connectivity index (χ0n) is 9.82. The molecule has 0 aliphatic rings. The van der Waals surface area contributed by atoms with E-state index in [-0.39, 0.29) is 32.7 Å². The van der Waals surface area contributed by atoms with Gasteiger partial charge in [0.05, 0.1) is 7.14 Å². The maximum Gasteiger partial charge on any atom is 0.0752 e. The maximum atomic E-state index is 11.6. The molecule has 0 fully saturated rings. The fourth-order valence-corrected chi connectivity index (χ4v) is 2.36. The number of nitrogens with zero attached hydrogens (tertiary/aromatic N) is 1. The van der Waals surface area contributed by atoms with Crippen LogP contribution in [0, 0.1) is 6.07 Å². The van der Waals surface area contributed by atoms with Crippen LogP contribution in [0.1, 0.15) is 5.56 Å². The van der Waals surface area contributed by atoms with Crippen molar-refractivity contribution in [1.82, 2.24) is 0 Å². The summed E-state index contributed by atoms with van der Waals surface area (Å²) in [5.74, 6) is 0. The summed E-state index contributed by atoms with van der Waals surface area (Å²) >= 11 is 0. The van der Waals surface area contributed by atoms with Crippen molar-refractivity contribution < 1.29 is 37.3 Å². The van der Waals surface area contributed by atoms with E-state index in [4.69, 9.17) is 0 Å². The standard InChI is InChI=1S/C11H17NOP.Y/c1-12(2)11-7-5-6-10(8-11)9-14(3,4)13;/h6-8H,9H2,1-4H3;/q-1;. The van der Waals surface area contributed by atoms with Crippen LogP contribution in [0.4, 0.5) is 5.69 Å². The summed E-state index contributed by atoms with van der Waals surface area (Å²) in [6.45, 7) is 3.63. The number of hydrogen-bond donors (Lipinski definition) is 0. The van der Waals surface area contributed by atoms with Crippen LogP contribution in [0.2, 0.25) is 0 Å². The van der Waals surface area contributed by atoms with Crippen molar-refractivity contribution in [2.24, 2.45) is 0 Å². The van der Waals surface area contributed by atoms with Gasteiger partial charge in [-0.25, -0.2) is 0 Å². The Hall–Kier alpha value is 0.354. The van der Waals surface area contributed by atoms with E-state index in [1.165, 1.54) is 0 Å². The van der Waals surface area contributed by atoms with Crippen molar-refractivity contribution >= 4 is 12.8 Å². The molecule has 0 aromatic heterocycles. The van der Waals surface area contributed by atoms with E-state index in [0.717, 1.165) is 11.3 Å². The molecule has 81 valence electrons. The fraction of sp³-hybridized carbons (Fsp3) is 0.455.